The van der Waals surface area contributed by atoms with Gasteiger partial charge in [-0.3, -0.25) is 9.69 Å². The van der Waals surface area contributed by atoms with Crippen LogP contribution < -0.4 is 5.73 Å². The quantitative estimate of drug-likeness (QED) is 0.798. The van der Waals surface area contributed by atoms with Crippen LogP contribution in [0.3, 0.4) is 0 Å². The number of primary amides is 1. The van der Waals surface area contributed by atoms with Gasteiger partial charge in [-0.15, -0.1) is 0 Å². The van der Waals surface area contributed by atoms with Crippen molar-refractivity contribution in [1.82, 2.24) is 4.90 Å². The highest BCUT2D eigenvalue weighted by Crippen LogP contribution is 2.46. The third kappa shape index (κ3) is 3.41. The summed E-state index contributed by atoms with van der Waals surface area (Å²) in [7, 11) is 0. The van der Waals surface area contributed by atoms with Crippen molar-refractivity contribution >= 4 is 5.91 Å². The smallest absolute Gasteiger partial charge is 0.229 e. The highest BCUT2D eigenvalue weighted by molar-refractivity contribution is 5.95. The van der Waals surface area contributed by atoms with E-state index in [0.29, 0.717) is 12.0 Å². The first-order valence-corrected chi connectivity index (χ1v) is 10.3. The number of nitrogens with zero attached hydrogens (tertiary/aromatic N) is 1. The summed E-state index contributed by atoms with van der Waals surface area (Å²) in [4.78, 5) is 14.9. The Labute approximate surface area is 162 Å². The molecule has 4 rings (SSSR count). The zero-order chi connectivity index (χ0) is 19.0. The number of hydrogen-bond donors (Lipinski definition) is 1. The molecule has 2 aliphatic rings. The number of fused-ring (bicyclic) bond motifs is 3. The van der Waals surface area contributed by atoms with Gasteiger partial charge in [0.2, 0.25) is 5.91 Å². The van der Waals surface area contributed by atoms with Gasteiger partial charge in [0, 0.05) is 6.04 Å². The molecule has 0 spiro atoms. The van der Waals surface area contributed by atoms with Gasteiger partial charge in [-0.2, -0.15) is 0 Å². The topological polar surface area (TPSA) is 46.3 Å². The Morgan fingerprint density at radius 3 is 2.44 bits per heavy atom. The van der Waals surface area contributed by atoms with Crippen LogP contribution in [-0.4, -0.2) is 23.9 Å². The molecule has 2 aromatic rings. The number of carbonyl (C=O) groups is 1. The second-order valence-corrected chi connectivity index (χ2v) is 8.50. The summed E-state index contributed by atoms with van der Waals surface area (Å²) >= 11 is 0. The monoisotopic (exact) mass is 362 g/mol. The summed E-state index contributed by atoms with van der Waals surface area (Å²) in [6.45, 7) is 6.95. The number of hydrogen-bond acceptors (Lipinski definition) is 2. The summed E-state index contributed by atoms with van der Waals surface area (Å²) in [6, 6.07) is 15.4. The molecule has 3 heteroatoms. The molecule has 0 radical (unpaired) electrons. The lowest BCUT2D eigenvalue weighted by molar-refractivity contribution is -0.118. The van der Waals surface area contributed by atoms with Gasteiger partial charge >= 0.3 is 0 Å². The van der Waals surface area contributed by atoms with Crippen molar-refractivity contribution in [1.29, 1.82) is 0 Å². The Morgan fingerprint density at radius 1 is 1.04 bits per heavy atom. The minimum absolute atomic E-state index is 0.252. The van der Waals surface area contributed by atoms with Crippen LogP contribution in [0.4, 0.5) is 0 Å². The van der Waals surface area contributed by atoms with Crippen molar-refractivity contribution in [2.24, 2.45) is 11.7 Å². The highest BCUT2D eigenvalue weighted by atomic mass is 16.1. The van der Waals surface area contributed by atoms with Gasteiger partial charge < -0.3 is 5.73 Å². The van der Waals surface area contributed by atoms with Crippen molar-refractivity contribution in [2.75, 3.05) is 13.1 Å². The summed E-state index contributed by atoms with van der Waals surface area (Å²) < 4.78 is 0. The van der Waals surface area contributed by atoms with Crippen LogP contribution in [0.15, 0.2) is 42.5 Å². The molecule has 2 unspecified atom stereocenters. The molecular weight excluding hydrogens is 332 g/mol. The average molecular weight is 363 g/mol. The summed E-state index contributed by atoms with van der Waals surface area (Å²) in [5.41, 5.74) is 11.6. The van der Waals surface area contributed by atoms with Gasteiger partial charge in [-0.1, -0.05) is 56.3 Å². The molecule has 142 valence electrons. The molecule has 2 N–H and O–H groups in total. The van der Waals surface area contributed by atoms with Crippen LogP contribution in [0, 0.1) is 5.92 Å². The highest BCUT2D eigenvalue weighted by Gasteiger charge is 2.33. The molecule has 1 fully saturated rings. The number of benzene rings is 2. The van der Waals surface area contributed by atoms with Crippen molar-refractivity contribution in [3.8, 4) is 11.1 Å². The van der Waals surface area contributed by atoms with E-state index in [1.54, 1.807) is 0 Å². The third-order valence-corrected chi connectivity index (χ3v) is 6.22. The van der Waals surface area contributed by atoms with E-state index in [1.165, 1.54) is 49.9 Å². The minimum Gasteiger partial charge on any atom is -0.369 e. The first kappa shape index (κ1) is 18.2. The summed E-state index contributed by atoms with van der Waals surface area (Å²) in [6.07, 6.45) is 4.97. The van der Waals surface area contributed by atoms with Gasteiger partial charge in [-0.05, 0) is 72.5 Å². The van der Waals surface area contributed by atoms with Gasteiger partial charge in [0.05, 0.1) is 5.92 Å². The standard InChI is InChI=1S/C24H30N2O/c1-16(2)9-12-22(26-13-5-6-14-26)17-10-11-19-18-7-3-4-8-20(18)23(24(25)27)21(19)15-17/h3-4,7-8,10-11,15-16,22-23H,5-6,9,12-14H2,1-2H3,(H2,25,27). The van der Waals surface area contributed by atoms with E-state index in [4.69, 9.17) is 5.73 Å². The fourth-order valence-electron chi connectivity index (χ4n) is 4.85. The van der Waals surface area contributed by atoms with E-state index in [-0.39, 0.29) is 11.8 Å². The summed E-state index contributed by atoms with van der Waals surface area (Å²) in [5, 5.41) is 0. The van der Waals surface area contributed by atoms with Crippen LogP contribution in [0.1, 0.15) is 68.2 Å². The molecule has 1 amide bonds. The third-order valence-electron chi connectivity index (χ3n) is 6.22. The maximum atomic E-state index is 12.3. The Bertz CT molecular complexity index is 836. The number of likely N-dealkylation sites (tertiary alicyclic amines) is 1. The van der Waals surface area contributed by atoms with Crippen molar-refractivity contribution in [3.63, 3.8) is 0 Å². The lowest BCUT2D eigenvalue weighted by Crippen LogP contribution is -2.26. The van der Waals surface area contributed by atoms with Crippen LogP contribution in [-0.2, 0) is 4.79 Å². The Balaban J connectivity index is 1.73. The zero-order valence-electron chi connectivity index (χ0n) is 16.4. The molecule has 27 heavy (non-hydrogen) atoms. The maximum Gasteiger partial charge on any atom is 0.229 e. The van der Waals surface area contributed by atoms with Gasteiger partial charge in [-0.25, -0.2) is 0 Å². The van der Waals surface area contributed by atoms with E-state index in [0.717, 1.165) is 16.7 Å². The normalized spacial score (nSPS) is 19.9. The summed E-state index contributed by atoms with van der Waals surface area (Å²) in [5.74, 6) is 0.130. The van der Waals surface area contributed by atoms with E-state index >= 15 is 0 Å². The molecule has 1 saturated heterocycles. The molecule has 0 saturated carbocycles. The fraction of sp³-hybridized carbons (Fsp3) is 0.458. The number of carbonyl (C=O) groups excluding carboxylic acids is 1. The average Bonchev–Trinajstić information content (AvgIpc) is 3.27. The molecular formula is C24H30N2O. The van der Waals surface area contributed by atoms with Crippen LogP contribution in [0.5, 0.6) is 0 Å². The Hall–Kier alpha value is -2.13. The van der Waals surface area contributed by atoms with E-state index in [1.807, 2.05) is 18.2 Å². The van der Waals surface area contributed by atoms with E-state index in [2.05, 4.69) is 43.0 Å². The zero-order valence-corrected chi connectivity index (χ0v) is 16.4. The number of nitrogens with two attached hydrogens (primary N) is 1. The largest absolute Gasteiger partial charge is 0.369 e. The molecule has 1 aliphatic carbocycles. The lowest BCUT2D eigenvalue weighted by atomic mass is 9.91. The number of rotatable bonds is 6. The first-order valence-electron chi connectivity index (χ1n) is 10.3. The van der Waals surface area contributed by atoms with Gasteiger partial charge in [0.1, 0.15) is 0 Å². The fourth-order valence-corrected chi connectivity index (χ4v) is 4.85. The SMILES string of the molecule is CC(C)CCC(c1ccc2c(c1)C(C(N)=O)c1ccccc1-2)N1CCCC1. The maximum absolute atomic E-state index is 12.3. The molecule has 1 aliphatic heterocycles. The first-order chi connectivity index (χ1) is 13.1. The minimum atomic E-state index is -0.319. The van der Waals surface area contributed by atoms with Gasteiger partial charge in [0.25, 0.3) is 0 Å². The number of amides is 1. The van der Waals surface area contributed by atoms with Crippen molar-refractivity contribution in [3.05, 3.63) is 59.2 Å². The van der Waals surface area contributed by atoms with Crippen molar-refractivity contribution < 1.29 is 4.79 Å². The predicted molar refractivity (Wildman–Crippen MR) is 111 cm³/mol. The lowest BCUT2D eigenvalue weighted by Gasteiger charge is -2.29. The van der Waals surface area contributed by atoms with Crippen LogP contribution in [0.25, 0.3) is 11.1 Å². The molecule has 2 atom stereocenters. The Kier molecular flexibility index (Phi) is 5.05. The second-order valence-electron chi connectivity index (χ2n) is 8.50. The molecule has 2 aromatic carbocycles. The van der Waals surface area contributed by atoms with Crippen LogP contribution in [0.2, 0.25) is 0 Å². The molecule has 1 heterocycles. The van der Waals surface area contributed by atoms with Crippen molar-refractivity contribution in [2.45, 2.75) is 51.5 Å². The predicted octanol–water partition coefficient (Wildman–Crippen LogP) is 4.86. The van der Waals surface area contributed by atoms with Gasteiger partial charge in [0.15, 0.2) is 0 Å². The molecule has 0 bridgehead atoms. The molecule has 3 nitrogen and oxygen atoms in total. The molecule has 0 aromatic heterocycles. The Morgan fingerprint density at radius 2 is 1.74 bits per heavy atom. The van der Waals surface area contributed by atoms with E-state index in [9.17, 15) is 4.79 Å². The van der Waals surface area contributed by atoms with Crippen LogP contribution >= 0.6 is 0 Å². The van der Waals surface area contributed by atoms with E-state index < -0.39 is 0 Å². The second kappa shape index (κ2) is 7.47.